The van der Waals surface area contributed by atoms with Crippen molar-refractivity contribution in [2.45, 2.75) is 13.0 Å². The minimum atomic E-state index is -0.457. The lowest BCUT2D eigenvalue weighted by Crippen LogP contribution is -2.34. The van der Waals surface area contributed by atoms with Gasteiger partial charge >= 0.3 is 0 Å². The molecule has 5 nitrogen and oxygen atoms in total. The standard InChI is InChI=1S/C24H24FN3O2/c1-3-28(2)22(17-9-5-4-6-10-17)24(30)27-20-13-7-11-18(15-20)23(29)26-21-14-8-12-19(25)16-21/h4-16,22H,3H2,1-2H3,(H,26,29)(H,27,30). The van der Waals surface area contributed by atoms with Crippen molar-refractivity contribution in [2.24, 2.45) is 0 Å². The SMILES string of the molecule is CCN(C)C(C(=O)Nc1cccc(C(=O)Nc2cccc(F)c2)c1)c1ccccc1. The van der Waals surface area contributed by atoms with Crippen molar-refractivity contribution in [1.82, 2.24) is 4.90 Å². The van der Waals surface area contributed by atoms with Gasteiger partial charge in [0.1, 0.15) is 11.9 Å². The molecule has 0 aliphatic carbocycles. The number of hydrogen-bond donors (Lipinski definition) is 2. The first-order chi connectivity index (χ1) is 14.5. The van der Waals surface area contributed by atoms with E-state index in [1.807, 2.05) is 49.2 Å². The lowest BCUT2D eigenvalue weighted by molar-refractivity contribution is -0.121. The van der Waals surface area contributed by atoms with Gasteiger partial charge in [0, 0.05) is 16.9 Å². The number of hydrogen-bond acceptors (Lipinski definition) is 3. The molecule has 0 fully saturated rings. The molecule has 0 radical (unpaired) electrons. The molecular weight excluding hydrogens is 381 g/mol. The van der Waals surface area contributed by atoms with E-state index in [1.54, 1.807) is 30.3 Å². The molecule has 6 heteroatoms. The second kappa shape index (κ2) is 9.80. The van der Waals surface area contributed by atoms with Gasteiger partial charge in [-0.15, -0.1) is 0 Å². The van der Waals surface area contributed by atoms with E-state index in [4.69, 9.17) is 0 Å². The molecule has 0 aliphatic rings. The minimum absolute atomic E-state index is 0.187. The van der Waals surface area contributed by atoms with Crippen LogP contribution in [0.15, 0.2) is 78.9 Å². The van der Waals surface area contributed by atoms with Crippen molar-refractivity contribution >= 4 is 23.2 Å². The molecule has 0 aromatic heterocycles. The van der Waals surface area contributed by atoms with Crippen LogP contribution in [-0.4, -0.2) is 30.3 Å². The smallest absolute Gasteiger partial charge is 0.255 e. The van der Waals surface area contributed by atoms with Gasteiger partial charge < -0.3 is 10.6 Å². The van der Waals surface area contributed by atoms with E-state index in [2.05, 4.69) is 10.6 Å². The molecule has 2 N–H and O–H groups in total. The number of halogens is 1. The Labute approximate surface area is 175 Å². The van der Waals surface area contributed by atoms with Gasteiger partial charge in [-0.05, 0) is 55.6 Å². The number of rotatable bonds is 7. The van der Waals surface area contributed by atoms with Crippen molar-refractivity contribution < 1.29 is 14.0 Å². The van der Waals surface area contributed by atoms with E-state index >= 15 is 0 Å². The van der Waals surface area contributed by atoms with Gasteiger partial charge in [-0.25, -0.2) is 4.39 Å². The first-order valence-corrected chi connectivity index (χ1v) is 9.71. The van der Waals surface area contributed by atoms with Gasteiger partial charge in [-0.1, -0.05) is 49.4 Å². The Bertz CT molecular complexity index is 1020. The summed E-state index contributed by atoms with van der Waals surface area (Å²) in [7, 11) is 1.89. The summed E-state index contributed by atoms with van der Waals surface area (Å²) in [5, 5.41) is 5.56. The van der Waals surface area contributed by atoms with Crippen LogP contribution in [0.3, 0.4) is 0 Å². The molecule has 0 spiro atoms. The monoisotopic (exact) mass is 405 g/mol. The summed E-state index contributed by atoms with van der Waals surface area (Å²) in [4.78, 5) is 27.5. The van der Waals surface area contributed by atoms with E-state index in [9.17, 15) is 14.0 Å². The van der Waals surface area contributed by atoms with Crippen molar-refractivity contribution in [3.63, 3.8) is 0 Å². The maximum absolute atomic E-state index is 13.3. The topological polar surface area (TPSA) is 61.4 Å². The Kier molecular flexibility index (Phi) is 6.93. The van der Waals surface area contributed by atoms with Crippen molar-refractivity contribution in [3.8, 4) is 0 Å². The van der Waals surface area contributed by atoms with Crippen LogP contribution in [0.4, 0.5) is 15.8 Å². The average Bonchev–Trinajstić information content (AvgIpc) is 2.74. The Morgan fingerprint density at radius 3 is 2.23 bits per heavy atom. The van der Waals surface area contributed by atoms with Gasteiger partial charge in [0.25, 0.3) is 5.91 Å². The zero-order valence-corrected chi connectivity index (χ0v) is 16.9. The number of carbonyl (C=O) groups excluding carboxylic acids is 2. The van der Waals surface area contributed by atoms with Crippen LogP contribution in [0.5, 0.6) is 0 Å². The molecule has 154 valence electrons. The lowest BCUT2D eigenvalue weighted by atomic mass is 10.0. The molecule has 0 saturated carbocycles. The molecule has 2 amide bonds. The molecule has 30 heavy (non-hydrogen) atoms. The highest BCUT2D eigenvalue weighted by atomic mass is 19.1. The predicted octanol–water partition coefficient (Wildman–Crippen LogP) is 4.71. The summed E-state index contributed by atoms with van der Waals surface area (Å²) < 4.78 is 13.3. The number of likely N-dealkylation sites (N-methyl/N-ethyl adjacent to an activating group) is 1. The first kappa shape index (κ1) is 21.2. The largest absolute Gasteiger partial charge is 0.324 e. The fraction of sp³-hybridized carbons (Fsp3) is 0.167. The molecule has 0 aliphatic heterocycles. The summed E-state index contributed by atoms with van der Waals surface area (Å²) in [6.45, 7) is 2.68. The van der Waals surface area contributed by atoms with Gasteiger partial charge in [0.15, 0.2) is 0 Å². The quantitative estimate of drug-likeness (QED) is 0.598. The zero-order valence-electron chi connectivity index (χ0n) is 16.9. The predicted molar refractivity (Wildman–Crippen MR) is 117 cm³/mol. The summed E-state index contributed by atoms with van der Waals surface area (Å²) >= 11 is 0. The van der Waals surface area contributed by atoms with E-state index in [0.717, 1.165) is 5.56 Å². The van der Waals surface area contributed by atoms with Crippen LogP contribution in [0.2, 0.25) is 0 Å². The molecule has 3 aromatic carbocycles. The molecule has 1 atom stereocenters. The van der Waals surface area contributed by atoms with Crippen LogP contribution in [0.1, 0.15) is 28.9 Å². The number of nitrogens with zero attached hydrogens (tertiary/aromatic N) is 1. The molecule has 3 aromatic rings. The van der Waals surface area contributed by atoms with Crippen molar-refractivity contribution in [2.75, 3.05) is 24.2 Å². The fourth-order valence-electron chi connectivity index (χ4n) is 3.14. The summed E-state index contributed by atoms with van der Waals surface area (Å²) in [6.07, 6.45) is 0. The average molecular weight is 405 g/mol. The van der Waals surface area contributed by atoms with E-state index in [-0.39, 0.29) is 11.8 Å². The van der Waals surface area contributed by atoms with Crippen LogP contribution in [-0.2, 0) is 4.79 Å². The van der Waals surface area contributed by atoms with E-state index in [0.29, 0.717) is 23.5 Å². The van der Waals surface area contributed by atoms with Crippen molar-refractivity contribution in [3.05, 3.63) is 95.8 Å². The number of amides is 2. The summed E-state index contributed by atoms with van der Waals surface area (Å²) in [5.74, 6) is -1.00. The molecule has 0 bridgehead atoms. The molecular formula is C24H24FN3O2. The summed E-state index contributed by atoms with van der Waals surface area (Å²) in [5.41, 5.74) is 2.12. The highest BCUT2D eigenvalue weighted by Gasteiger charge is 2.24. The fourth-order valence-corrected chi connectivity index (χ4v) is 3.14. The normalized spacial score (nSPS) is 11.7. The summed E-state index contributed by atoms with van der Waals surface area (Å²) in [6, 6.07) is 21.4. The molecule has 0 heterocycles. The van der Waals surface area contributed by atoms with E-state index < -0.39 is 11.9 Å². The first-order valence-electron chi connectivity index (χ1n) is 9.71. The third-order valence-corrected chi connectivity index (χ3v) is 4.78. The Morgan fingerprint density at radius 2 is 1.57 bits per heavy atom. The minimum Gasteiger partial charge on any atom is -0.324 e. The molecule has 3 rings (SSSR count). The number of nitrogens with one attached hydrogen (secondary N) is 2. The van der Waals surface area contributed by atoms with Crippen LogP contribution >= 0.6 is 0 Å². The van der Waals surface area contributed by atoms with Gasteiger partial charge in [0.05, 0.1) is 0 Å². The lowest BCUT2D eigenvalue weighted by Gasteiger charge is -2.26. The van der Waals surface area contributed by atoms with Gasteiger partial charge in [0.2, 0.25) is 5.91 Å². The van der Waals surface area contributed by atoms with Crippen LogP contribution in [0, 0.1) is 5.82 Å². The highest BCUT2D eigenvalue weighted by molar-refractivity contribution is 6.05. The number of anilines is 2. The van der Waals surface area contributed by atoms with Gasteiger partial charge in [-0.2, -0.15) is 0 Å². The van der Waals surface area contributed by atoms with Gasteiger partial charge in [-0.3, -0.25) is 14.5 Å². The highest BCUT2D eigenvalue weighted by Crippen LogP contribution is 2.22. The van der Waals surface area contributed by atoms with Crippen LogP contribution in [0.25, 0.3) is 0 Å². The molecule has 1 unspecified atom stereocenters. The third-order valence-electron chi connectivity index (χ3n) is 4.78. The second-order valence-corrected chi connectivity index (χ2v) is 6.92. The number of carbonyl (C=O) groups is 2. The number of benzene rings is 3. The third kappa shape index (κ3) is 5.30. The maximum Gasteiger partial charge on any atom is 0.255 e. The van der Waals surface area contributed by atoms with Crippen molar-refractivity contribution in [1.29, 1.82) is 0 Å². The Hall–Kier alpha value is -3.51. The Morgan fingerprint density at radius 1 is 0.900 bits per heavy atom. The second-order valence-electron chi connectivity index (χ2n) is 6.92. The zero-order chi connectivity index (χ0) is 21.5. The van der Waals surface area contributed by atoms with Crippen LogP contribution < -0.4 is 10.6 Å². The Balaban J connectivity index is 1.76. The molecule has 0 saturated heterocycles. The van der Waals surface area contributed by atoms with E-state index in [1.165, 1.54) is 18.2 Å². The maximum atomic E-state index is 13.3.